The molecular formula is C25H25FN4OS2. The van der Waals surface area contributed by atoms with Crippen LogP contribution >= 0.6 is 23.1 Å². The fraction of sp³-hybridized carbons (Fsp3) is 0.320. The number of benzene rings is 2. The summed E-state index contributed by atoms with van der Waals surface area (Å²) in [4.78, 5) is 18.4. The van der Waals surface area contributed by atoms with Crippen LogP contribution in [0.3, 0.4) is 0 Å². The van der Waals surface area contributed by atoms with Gasteiger partial charge in [0.25, 0.3) is 0 Å². The maximum Gasteiger partial charge on any atom is 0.225 e. The predicted octanol–water partition coefficient (Wildman–Crippen LogP) is 6.32. The van der Waals surface area contributed by atoms with Crippen LogP contribution in [-0.2, 0) is 17.6 Å². The Morgan fingerprint density at radius 1 is 1.15 bits per heavy atom. The number of aryl methyl sites for hydroxylation is 3. The molecule has 8 heteroatoms. The van der Waals surface area contributed by atoms with Crippen molar-refractivity contribution in [1.82, 2.24) is 14.8 Å². The largest absolute Gasteiger partial charge is 0.311 e. The van der Waals surface area contributed by atoms with Gasteiger partial charge < -0.3 is 5.32 Å². The smallest absolute Gasteiger partial charge is 0.225 e. The molecule has 0 aliphatic heterocycles. The Morgan fingerprint density at radius 2 is 1.91 bits per heavy atom. The molecule has 0 atom stereocenters. The summed E-state index contributed by atoms with van der Waals surface area (Å²) in [6.45, 7) is 1.91. The Labute approximate surface area is 200 Å². The molecule has 2 aromatic carbocycles. The van der Waals surface area contributed by atoms with Crippen LogP contribution in [0.25, 0.3) is 15.3 Å². The predicted molar refractivity (Wildman–Crippen MR) is 133 cm³/mol. The summed E-state index contributed by atoms with van der Waals surface area (Å²) < 4.78 is 15.9. The van der Waals surface area contributed by atoms with Crippen molar-refractivity contribution in [3.05, 3.63) is 65.1 Å². The number of aromatic nitrogens is 3. The van der Waals surface area contributed by atoms with Gasteiger partial charge in [-0.3, -0.25) is 4.79 Å². The molecule has 0 spiro atoms. The first kappa shape index (κ1) is 22.1. The number of thiazole rings is 1. The fourth-order valence-electron chi connectivity index (χ4n) is 4.13. The standard InChI is InChI=1S/C25H25FN4OS2/c1-16-13-23(28-24(31)7-4-12-32-20-10-8-19(26)9-11-20)30(29-16)25-27-21-14-17-5-2-3-6-18(17)15-22(21)33-25/h8-11,13-15H,2-7,12H2,1H3,(H,28,31). The Balaban J connectivity index is 1.25. The first-order valence-electron chi connectivity index (χ1n) is 11.2. The van der Waals surface area contributed by atoms with Crippen LogP contribution in [0.5, 0.6) is 0 Å². The van der Waals surface area contributed by atoms with E-state index >= 15 is 0 Å². The monoisotopic (exact) mass is 480 g/mol. The lowest BCUT2D eigenvalue weighted by atomic mass is 9.92. The SMILES string of the molecule is Cc1cc(NC(=O)CCCSc2ccc(F)cc2)n(-c2nc3cc4c(cc3s2)CCCC4)n1. The van der Waals surface area contributed by atoms with E-state index in [4.69, 9.17) is 4.98 Å². The zero-order chi connectivity index (χ0) is 22.8. The highest BCUT2D eigenvalue weighted by Gasteiger charge is 2.17. The lowest BCUT2D eigenvalue weighted by Gasteiger charge is -2.14. The van der Waals surface area contributed by atoms with Gasteiger partial charge in [-0.15, -0.1) is 11.8 Å². The van der Waals surface area contributed by atoms with Gasteiger partial charge in [0, 0.05) is 17.4 Å². The third kappa shape index (κ3) is 5.12. The van der Waals surface area contributed by atoms with Crippen LogP contribution < -0.4 is 5.32 Å². The summed E-state index contributed by atoms with van der Waals surface area (Å²) in [5.74, 6) is 1.15. The molecule has 0 radical (unpaired) electrons. The number of carbonyl (C=O) groups is 1. The van der Waals surface area contributed by atoms with E-state index < -0.39 is 0 Å². The Morgan fingerprint density at radius 3 is 2.70 bits per heavy atom. The minimum atomic E-state index is -0.238. The maximum absolute atomic E-state index is 13.0. The van der Waals surface area contributed by atoms with Crippen molar-refractivity contribution >= 4 is 45.0 Å². The zero-order valence-electron chi connectivity index (χ0n) is 18.4. The van der Waals surface area contributed by atoms with Crippen LogP contribution in [0.15, 0.2) is 47.4 Å². The summed E-state index contributed by atoms with van der Waals surface area (Å²) in [6.07, 6.45) is 5.89. The second-order valence-electron chi connectivity index (χ2n) is 8.33. The molecule has 1 amide bonds. The molecule has 0 saturated carbocycles. The van der Waals surface area contributed by atoms with E-state index in [1.54, 1.807) is 39.9 Å². The van der Waals surface area contributed by atoms with Gasteiger partial charge in [0.1, 0.15) is 11.6 Å². The molecule has 170 valence electrons. The highest BCUT2D eigenvalue weighted by Crippen LogP contribution is 2.32. The number of nitrogens with zero attached hydrogens (tertiary/aromatic N) is 3. The van der Waals surface area contributed by atoms with Crippen molar-refractivity contribution in [3.8, 4) is 5.13 Å². The summed E-state index contributed by atoms with van der Waals surface area (Å²) in [5, 5.41) is 8.36. The molecule has 5 rings (SSSR count). The van der Waals surface area contributed by atoms with Gasteiger partial charge >= 0.3 is 0 Å². The number of thioether (sulfide) groups is 1. The van der Waals surface area contributed by atoms with E-state index in [-0.39, 0.29) is 11.7 Å². The normalized spacial score (nSPS) is 13.3. The van der Waals surface area contributed by atoms with E-state index in [0.717, 1.165) is 51.0 Å². The van der Waals surface area contributed by atoms with Crippen LogP contribution in [0.4, 0.5) is 10.2 Å². The molecule has 0 fully saturated rings. The average Bonchev–Trinajstić information content (AvgIpc) is 3.38. The number of rotatable bonds is 7. The molecule has 1 aliphatic rings. The van der Waals surface area contributed by atoms with Crippen molar-refractivity contribution in [2.24, 2.45) is 0 Å². The number of carbonyl (C=O) groups excluding carboxylic acids is 1. The van der Waals surface area contributed by atoms with Gasteiger partial charge in [0.05, 0.1) is 15.9 Å². The van der Waals surface area contributed by atoms with Crippen LogP contribution in [0.1, 0.15) is 42.5 Å². The number of fused-ring (bicyclic) bond motifs is 2. The Bertz CT molecular complexity index is 1250. The fourth-order valence-corrected chi connectivity index (χ4v) is 5.96. The van der Waals surface area contributed by atoms with Gasteiger partial charge in [-0.05, 0) is 92.3 Å². The molecule has 1 aliphatic carbocycles. The average molecular weight is 481 g/mol. The second-order valence-corrected chi connectivity index (χ2v) is 10.5. The molecule has 1 N–H and O–H groups in total. The number of halogens is 1. The minimum Gasteiger partial charge on any atom is -0.311 e. The quantitative estimate of drug-likeness (QED) is 0.248. The highest BCUT2D eigenvalue weighted by atomic mass is 32.2. The minimum absolute atomic E-state index is 0.0487. The van der Waals surface area contributed by atoms with Crippen molar-refractivity contribution < 1.29 is 9.18 Å². The lowest BCUT2D eigenvalue weighted by Crippen LogP contribution is -2.14. The Hall–Kier alpha value is -2.71. The lowest BCUT2D eigenvalue weighted by molar-refractivity contribution is -0.116. The second kappa shape index (κ2) is 9.65. The molecule has 0 unspecified atom stereocenters. The molecule has 5 nitrogen and oxygen atoms in total. The van der Waals surface area contributed by atoms with Gasteiger partial charge in [0.15, 0.2) is 0 Å². The van der Waals surface area contributed by atoms with E-state index in [9.17, 15) is 9.18 Å². The molecule has 33 heavy (non-hydrogen) atoms. The van der Waals surface area contributed by atoms with Gasteiger partial charge in [-0.1, -0.05) is 11.3 Å². The summed E-state index contributed by atoms with van der Waals surface area (Å²) in [7, 11) is 0. The van der Waals surface area contributed by atoms with Crippen LogP contribution in [0.2, 0.25) is 0 Å². The topological polar surface area (TPSA) is 59.8 Å². The molecule has 0 saturated heterocycles. The molecular weight excluding hydrogens is 455 g/mol. The molecule has 4 aromatic rings. The van der Waals surface area contributed by atoms with Gasteiger partial charge in [-0.2, -0.15) is 9.78 Å². The summed E-state index contributed by atoms with van der Waals surface area (Å²) >= 11 is 3.23. The summed E-state index contributed by atoms with van der Waals surface area (Å²) in [6, 6.07) is 12.8. The number of anilines is 1. The first-order valence-corrected chi connectivity index (χ1v) is 13.0. The highest BCUT2D eigenvalue weighted by molar-refractivity contribution is 7.99. The van der Waals surface area contributed by atoms with E-state index in [1.807, 2.05) is 13.0 Å². The molecule has 0 bridgehead atoms. The number of hydrogen-bond acceptors (Lipinski definition) is 5. The maximum atomic E-state index is 13.0. The van der Waals surface area contributed by atoms with Crippen molar-refractivity contribution in [1.29, 1.82) is 0 Å². The van der Waals surface area contributed by atoms with Crippen LogP contribution in [0, 0.1) is 12.7 Å². The van der Waals surface area contributed by atoms with E-state index in [2.05, 4.69) is 22.5 Å². The van der Waals surface area contributed by atoms with Crippen molar-refractivity contribution in [3.63, 3.8) is 0 Å². The Kier molecular flexibility index (Phi) is 6.46. The third-order valence-corrected chi connectivity index (χ3v) is 7.84. The van der Waals surface area contributed by atoms with E-state index in [1.165, 1.54) is 36.1 Å². The van der Waals surface area contributed by atoms with Crippen molar-refractivity contribution in [2.75, 3.05) is 11.1 Å². The third-order valence-electron chi connectivity index (χ3n) is 5.75. The zero-order valence-corrected chi connectivity index (χ0v) is 20.1. The molecule has 2 heterocycles. The first-order chi connectivity index (χ1) is 16.0. The van der Waals surface area contributed by atoms with E-state index in [0.29, 0.717) is 12.2 Å². The van der Waals surface area contributed by atoms with Gasteiger partial charge in [0.2, 0.25) is 11.0 Å². The van der Waals surface area contributed by atoms with Crippen molar-refractivity contribution in [2.45, 2.75) is 50.3 Å². The number of amides is 1. The van der Waals surface area contributed by atoms with Crippen LogP contribution in [-0.4, -0.2) is 26.4 Å². The number of hydrogen-bond donors (Lipinski definition) is 1. The molecule has 2 aromatic heterocycles. The van der Waals surface area contributed by atoms with Gasteiger partial charge in [-0.25, -0.2) is 9.37 Å². The number of nitrogens with one attached hydrogen (secondary N) is 1. The summed E-state index contributed by atoms with van der Waals surface area (Å²) in [5.41, 5.74) is 4.68.